The zero-order valence-corrected chi connectivity index (χ0v) is 8.01. The first-order chi connectivity index (χ1) is 5.70. The molecule has 1 heterocycles. The summed E-state index contributed by atoms with van der Waals surface area (Å²) in [5, 5.41) is 9.49. The van der Waals surface area contributed by atoms with Crippen LogP contribution in [0.15, 0.2) is 10.5 Å². The van der Waals surface area contributed by atoms with Crippen LogP contribution >= 0.6 is 15.9 Å². The number of aryl methyl sites for hydroxylation is 1. The molecular weight excluding hydrogens is 224 g/mol. The molecule has 0 saturated carbocycles. The minimum atomic E-state index is 0.208. The second kappa shape index (κ2) is 2.55. The number of halogens is 1. The van der Waals surface area contributed by atoms with Crippen molar-refractivity contribution >= 4 is 15.9 Å². The fraction of sp³-hybridized carbons (Fsp3) is 0.250. The molecule has 0 bridgehead atoms. The standard InChI is InChI=1S/C8H7BrO3/c1-4-2-5-8(12-3-11-5)6(9)7(4)10/h2,10H,3H2,1H3. The third-order valence-electron chi connectivity index (χ3n) is 1.77. The molecule has 1 aliphatic rings. The average Bonchev–Trinajstić information content (AvgIpc) is 2.48. The number of fused-ring (bicyclic) bond motifs is 1. The van der Waals surface area contributed by atoms with E-state index in [1.54, 1.807) is 6.07 Å². The molecule has 3 nitrogen and oxygen atoms in total. The molecule has 0 aromatic heterocycles. The summed E-state index contributed by atoms with van der Waals surface area (Å²) in [4.78, 5) is 0. The highest BCUT2D eigenvalue weighted by molar-refractivity contribution is 9.10. The number of rotatable bonds is 0. The van der Waals surface area contributed by atoms with Gasteiger partial charge in [0.25, 0.3) is 0 Å². The number of hydrogen-bond acceptors (Lipinski definition) is 3. The van der Waals surface area contributed by atoms with Gasteiger partial charge < -0.3 is 14.6 Å². The normalized spacial score (nSPS) is 13.5. The van der Waals surface area contributed by atoms with Crippen LogP contribution in [-0.4, -0.2) is 11.9 Å². The molecule has 1 N–H and O–H groups in total. The van der Waals surface area contributed by atoms with Crippen LogP contribution in [0.25, 0.3) is 0 Å². The van der Waals surface area contributed by atoms with Gasteiger partial charge in [-0.2, -0.15) is 0 Å². The molecular formula is C8H7BrO3. The van der Waals surface area contributed by atoms with Crippen molar-refractivity contribution in [3.63, 3.8) is 0 Å². The van der Waals surface area contributed by atoms with Crippen LogP contribution in [-0.2, 0) is 0 Å². The predicted octanol–water partition coefficient (Wildman–Crippen LogP) is 2.19. The highest BCUT2D eigenvalue weighted by Crippen LogP contribution is 2.45. The zero-order chi connectivity index (χ0) is 8.72. The third-order valence-corrected chi connectivity index (χ3v) is 2.51. The van der Waals surface area contributed by atoms with Crippen LogP contribution < -0.4 is 9.47 Å². The zero-order valence-electron chi connectivity index (χ0n) is 6.43. The lowest BCUT2D eigenvalue weighted by molar-refractivity contribution is 0.173. The largest absolute Gasteiger partial charge is 0.506 e. The van der Waals surface area contributed by atoms with Crippen molar-refractivity contribution in [3.8, 4) is 17.2 Å². The molecule has 0 amide bonds. The summed E-state index contributed by atoms with van der Waals surface area (Å²) < 4.78 is 10.9. The summed E-state index contributed by atoms with van der Waals surface area (Å²) in [5.41, 5.74) is 0.770. The monoisotopic (exact) mass is 230 g/mol. The predicted molar refractivity (Wildman–Crippen MR) is 46.7 cm³/mol. The number of ether oxygens (including phenoxy) is 2. The molecule has 1 aromatic rings. The van der Waals surface area contributed by atoms with Crippen molar-refractivity contribution < 1.29 is 14.6 Å². The number of phenols is 1. The van der Waals surface area contributed by atoms with E-state index in [0.29, 0.717) is 16.0 Å². The molecule has 0 fully saturated rings. The Hall–Kier alpha value is -0.900. The second-order valence-electron chi connectivity index (χ2n) is 2.59. The summed E-state index contributed by atoms with van der Waals surface area (Å²) in [6.07, 6.45) is 0. The van der Waals surface area contributed by atoms with Gasteiger partial charge >= 0.3 is 0 Å². The SMILES string of the molecule is Cc1cc2c(c(Br)c1O)OCO2. The van der Waals surface area contributed by atoms with E-state index in [4.69, 9.17) is 9.47 Å². The second-order valence-corrected chi connectivity index (χ2v) is 3.38. The first-order valence-electron chi connectivity index (χ1n) is 3.48. The smallest absolute Gasteiger partial charge is 0.231 e. The minimum absolute atomic E-state index is 0.208. The third kappa shape index (κ3) is 0.948. The summed E-state index contributed by atoms with van der Waals surface area (Å²) in [7, 11) is 0. The van der Waals surface area contributed by atoms with Gasteiger partial charge in [-0.1, -0.05) is 0 Å². The maximum Gasteiger partial charge on any atom is 0.231 e. The Labute approximate surface area is 78.0 Å². The van der Waals surface area contributed by atoms with E-state index in [-0.39, 0.29) is 12.5 Å². The van der Waals surface area contributed by atoms with Crippen molar-refractivity contribution in [2.24, 2.45) is 0 Å². The average molecular weight is 231 g/mol. The topological polar surface area (TPSA) is 38.7 Å². The van der Waals surface area contributed by atoms with Crippen molar-refractivity contribution in [3.05, 3.63) is 16.1 Å². The molecule has 0 spiro atoms. The summed E-state index contributed by atoms with van der Waals surface area (Å²) in [5.74, 6) is 1.47. The molecule has 0 saturated heterocycles. The lowest BCUT2D eigenvalue weighted by atomic mass is 10.2. The van der Waals surface area contributed by atoms with E-state index in [2.05, 4.69) is 15.9 Å². The van der Waals surface area contributed by atoms with Crippen molar-refractivity contribution in [2.45, 2.75) is 6.92 Å². The molecule has 2 rings (SSSR count). The lowest BCUT2D eigenvalue weighted by Gasteiger charge is -2.04. The van der Waals surface area contributed by atoms with E-state index >= 15 is 0 Å². The number of hydrogen-bond donors (Lipinski definition) is 1. The lowest BCUT2D eigenvalue weighted by Crippen LogP contribution is -1.93. The van der Waals surface area contributed by atoms with Gasteiger partial charge in [0.2, 0.25) is 6.79 Å². The number of aromatic hydroxyl groups is 1. The molecule has 12 heavy (non-hydrogen) atoms. The van der Waals surface area contributed by atoms with Gasteiger partial charge in [0.15, 0.2) is 11.5 Å². The van der Waals surface area contributed by atoms with Crippen LogP contribution in [0.4, 0.5) is 0 Å². The Morgan fingerprint density at radius 3 is 3.00 bits per heavy atom. The van der Waals surface area contributed by atoms with Gasteiger partial charge in [-0.05, 0) is 34.5 Å². The van der Waals surface area contributed by atoms with Crippen LogP contribution in [0.1, 0.15) is 5.56 Å². The number of benzene rings is 1. The Morgan fingerprint density at radius 1 is 1.50 bits per heavy atom. The van der Waals surface area contributed by atoms with Gasteiger partial charge in [0.1, 0.15) is 10.2 Å². The highest BCUT2D eigenvalue weighted by Gasteiger charge is 2.20. The van der Waals surface area contributed by atoms with Gasteiger partial charge in [-0.25, -0.2) is 0 Å². The number of phenolic OH excluding ortho intramolecular Hbond substituents is 1. The van der Waals surface area contributed by atoms with Crippen molar-refractivity contribution in [2.75, 3.05) is 6.79 Å². The summed E-state index contributed by atoms with van der Waals surface area (Å²) >= 11 is 3.23. The molecule has 4 heteroatoms. The van der Waals surface area contributed by atoms with E-state index < -0.39 is 0 Å². The fourth-order valence-corrected chi connectivity index (χ4v) is 1.74. The summed E-state index contributed by atoms with van der Waals surface area (Å²) in [6, 6.07) is 1.75. The maximum absolute atomic E-state index is 9.49. The molecule has 0 atom stereocenters. The Bertz CT molecular complexity index is 336. The van der Waals surface area contributed by atoms with Crippen LogP contribution in [0.5, 0.6) is 17.2 Å². The van der Waals surface area contributed by atoms with E-state index in [9.17, 15) is 5.11 Å². The Kier molecular flexibility index (Phi) is 1.65. The minimum Gasteiger partial charge on any atom is -0.506 e. The van der Waals surface area contributed by atoms with E-state index in [0.717, 1.165) is 5.56 Å². The molecule has 0 unspecified atom stereocenters. The molecule has 1 aromatic carbocycles. The Balaban J connectivity index is 2.67. The van der Waals surface area contributed by atoms with Crippen molar-refractivity contribution in [1.82, 2.24) is 0 Å². The van der Waals surface area contributed by atoms with Gasteiger partial charge in [0, 0.05) is 0 Å². The summed E-state index contributed by atoms with van der Waals surface area (Å²) in [6.45, 7) is 2.03. The van der Waals surface area contributed by atoms with Crippen LogP contribution in [0.3, 0.4) is 0 Å². The molecule has 0 aliphatic carbocycles. The van der Waals surface area contributed by atoms with Gasteiger partial charge in [0.05, 0.1) is 0 Å². The van der Waals surface area contributed by atoms with E-state index in [1.165, 1.54) is 0 Å². The van der Waals surface area contributed by atoms with Gasteiger partial charge in [-0.15, -0.1) is 0 Å². The van der Waals surface area contributed by atoms with Crippen molar-refractivity contribution in [1.29, 1.82) is 0 Å². The first kappa shape index (κ1) is 7.73. The van der Waals surface area contributed by atoms with Gasteiger partial charge in [-0.3, -0.25) is 0 Å². The molecule has 1 aliphatic heterocycles. The quantitative estimate of drug-likeness (QED) is 0.743. The van der Waals surface area contributed by atoms with Crippen LogP contribution in [0.2, 0.25) is 0 Å². The first-order valence-corrected chi connectivity index (χ1v) is 4.27. The fourth-order valence-electron chi connectivity index (χ4n) is 1.11. The molecule has 0 radical (unpaired) electrons. The molecule has 64 valence electrons. The highest BCUT2D eigenvalue weighted by atomic mass is 79.9. The van der Waals surface area contributed by atoms with E-state index in [1.807, 2.05) is 6.92 Å². The Morgan fingerprint density at radius 2 is 2.25 bits per heavy atom. The van der Waals surface area contributed by atoms with Crippen LogP contribution in [0, 0.1) is 6.92 Å². The maximum atomic E-state index is 9.49.